The number of carbonyl (C=O) groups excluding carboxylic acids is 1. The molecule has 0 spiro atoms. The Bertz CT molecular complexity index is 334. The van der Waals surface area contributed by atoms with E-state index in [1.165, 1.54) is 5.38 Å². The topological polar surface area (TPSA) is 39.2 Å². The third-order valence-corrected chi connectivity index (χ3v) is 2.15. The average molecular weight is 225 g/mol. The predicted octanol–water partition coefficient (Wildman–Crippen LogP) is 2.03. The summed E-state index contributed by atoms with van der Waals surface area (Å²) >= 11 is 0.788. The zero-order valence-corrected chi connectivity index (χ0v) is 7.91. The lowest BCUT2D eigenvalue weighted by atomic mass is 10.4. The molecule has 0 aliphatic rings. The number of esters is 1. The summed E-state index contributed by atoms with van der Waals surface area (Å²) in [5.41, 5.74) is -0.0863. The Hall–Kier alpha value is -1.11. The van der Waals surface area contributed by atoms with E-state index < -0.39 is 18.6 Å². The Morgan fingerprint density at radius 1 is 1.64 bits per heavy atom. The number of alkyl halides is 3. The van der Waals surface area contributed by atoms with Crippen LogP contribution >= 0.6 is 11.3 Å². The van der Waals surface area contributed by atoms with E-state index in [0.29, 0.717) is 0 Å². The summed E-state index contributed by atoms with van der Waals surface area (Å²) in [5.74, 6) is -0.727. The normalized spacial score (nSPS) is 11.4. The summed E-state index contributed by atoms with van der Waals surface area (Å²) in [6.45, 7) is 0. The van der Waals surface area contributed by atoms with Crippen LogP contribution in [0.15, 0.2) is 5.38 Å². The number of ether oxygens (including phenoxy) is 1. The molecule has 0 saturated carbocycles. The summed E-state index contributed by atoms with van der Waals surface area (Å²) in [7, 11) is 1.14. The molecule has 0 radical (unpaired) electrons. The van der Waals surface area contributed by atoms with Crippen LogP contribution in [0, 0.1) is 0 Å². The van der Waals surface area contributed by atoms with Crippen molar-refractivity contribution in [2.75, 3.05) is 7.11 Å². The van der Waals surface area contributed by atoms with Crippen molar-refractivity contribution in [1.29, 1.82) is 0 Å². The van der Waals surface area contributed by atoms with E-state index in [-0.39, 0.29) is 10.7 Å². The lowest BCUT2D eigenvalue weighted by Crippen LogP contribution is -2.11. The van der Waals surface area contributed by atoms with Crippen molar-refractivity contribution in [2.45, 2.75) is 12.6 Å². The van der Waals surface area contributed by atoms with E-state index in [9.17, 15) is 18.0 Å². The molecule has 1 heterocycles. The zero-order valence-electron chi connectivity index (χ0n) is 7.09. The van der Waals surface area contributed by atoms with Crippen molar-refractivity contribution in [2.24, 2.45) is 0 Å². The molecule has 1 aromatic heterocycles. The van der Waals surface area contributed by atoms with Crippen LogP contribution < -0.4 is 0 Å². The summed E-state index contributed by atoms with van der Waals surface area (Å²) in [5, 5.41) is 1.10. The van der Waals surface area contributed by atoms with Gasteiger partial charge in [0.25, 0.3) is 0 Å². The van der Waals surface area contributed by atoms with Crippen LogP contribution in [0.3, 0.4) is 0 Å². The minimum atomic E-state index is -4.30. The maximum Gasteiger partial charge on any atom is 0.395 e. The van der Waals surface area contributed by atoms with E-state index >= 15 is 0 Å². The first-order valence-corrected chi connectivity index (χ1v) is 4.40. The van der Waals surface area contributed by atoms with Crippen LogP contribution in [-0.4, -0.2) is 24.2 Å². The number of hydrogen-bond acceptors (Lipinski definition) is 4. The van der Waals surface area contributed by atoms with Crippen LogP contribution in [0.2, 0.25) is 0 Å². The second kappa shape index (κ2) is 3.95. The monoisotopic (exact) mass is 225 g/mol. The Morgan fingerprint density at radius 2 is 2.29 bits per heavy atom. The highest BCUT2D eigenvalue weighted by Crippen LogP contribution is 2.23. The van der Waals surface area contributed by atoms with Gasteiger partial charge in [0.1, 0.15) is 5.01 Å². The molecule has 1 aromatic rings. The first-order chi connectivity index (χ1) is 6.42. The lowest BCUT2D eigenvalue weighted by molar-refractivity contribution is -0.127. The first kappa shape index (κ1) is 11.0. The van der Waals surface area contributed by atoms with Gasteiger partial charge in [0.15, 0.2) is 5.69 Å². The quantitative estimate of drug-likeness (QED) is 0.723. The summed E-state index contributed by atoms with van der Waals surface area (Å²) in [6, 6.07) is 0. The molecule has 0 atom stereocenters. The number of hydrogen-bond donors (Lipinski definition) is 0. The molecule has 0 aromatic carbocycles. The highest BCUT2D eigenvalue weighted by molar-refractivity contribution is 7.09. The largest absolute Gasteiger partial charge is 0.464 e. The molecular weight excluding hydrogens is 219 g/mol. The van der Waals surface area contributed by atoms with Crippen molar-refractivity contribution in [3.05, 3.63) is 16.1 Å². The van der Waals surface area contributed by atoms with E-state index in [1.807, 2.05) is 0 Å². The van der Waals surface area contributed by atoms with Crippen LogP contribution in [0.1, 0.15) is 15.5 Å². The number of thiazole rings is 1. The smallest absolute Gasteiger partial charge is 0.395 e. The van der Waals surface area contributed by atoms with Gasteiger partial charge in [0, 0.05) is 5.38 Å². The van der Waals surface area contributed by atoms with Crippen LogP contribution in [0.25, 0.3) is 0 Å². The molecule has 0 unspecified atom stereocenters. The van der Waals surface area contributed by atoms with Crippen molar-refractivity contribution in [1.82, 2.24) is 4.98 Å². The highest BCUT2D eigenvalue weighted by Gasteiger charge is 2.29. The average Bonchev–Trinajstić information content (AvgIpc) is 2.48. The van der Waals surface area contributed by atoms with Gasteiger partial charge in [-0.05, 0) is 0 Å². The van der Waals surface area contributed by atoms with Gasteiger partial charge in [0.05, 0.1) is 13.5 Å². The van der Waals surface area contributed by atoms with Crippen LogP contribution in [0.4, 0.5) is 13.2 Å². The fourth-order valence-corrected chi connectivity index (χ4v) is 1.56. The molecule has 14 heavy (non-hydrogen) atoms. The number of methoxy groups -OCH3 is 1. The van der Waals surface area contributed by atoms with Gasteiger partial charge in [-0.3, -0.25) is 0 Å². The van der Waals surface area contributed by atoms with E-state index in [4.69, 9.17) is 0 Å². The molecular formula is C7H6F3NO2S. The van der Waals surface area contributed by atoms with Gasteiger partial charge in [-0.1, -0.05) is 0 Å². The number of carbonyl (C=O) groups is 1. The molecule has 0 saturated heterocycles. The molecule has 0 fully saturated rings. The fraction of sp³-hybridized carbons (Fsp3) is 0.429. The predicted molar refractivity (Wildman–Crippen MR) is 43.2 cm³/mol. The van der Waals surface area contributed by atoms with Gasteiger partial charge in [-0.2, -0.15) is 13.2 Å². The van der Waals surface area contributed by atoms with E-state index in [1.54, 1.807) is 0 Å². The zero-order chi connectivity index (χ0) is 10.8. The Morgan fingerprint density at radius 3 is 2.79 bits per heavy atom. The lowest BCUT2D eigenvalue weighted by Gasteiger charge is -2.01. The van der Waals surface area contributed by atoms with E-state index in [2.05, 4.69) is 9.72 Å². The summed E-state index contributed by atoms with van der Waals surface area (Å²) in [4.78, 5) is 14.3. The summed E-state index contributed by atoms with van der Waals surface area (Å²) in [6.07, 6.45) is -5.42. The number of nitrogens with zero attached hydrogens (tertiary/aromatic N) is 1. The molecule has 0 amide bonds. The highest BCUT2D eigenvalue weighted by atomic mass is 32.1. The SMILES string of the molecule is COC(=O)c1csc(CC(F)(F)F)n1. The van der Waals surface area contributed by atoms with Crippen LogP contribution in [0.5, 0.6) is 0 Å². The van der Waals surface area contributed by atoms with Gasteiger partial charge < -0.3 is 4.74 Å². The molecule has 1 rings (SSSR count). The number of halogens is 3. The minimum Gasteiger partial charge on any atom is -0.464 e. The maximum atomic E-state index is 11.9. The Labute approximate surface area is 81.5 Å². The third-order valence-electron chi connectivity index (χ3n) is 1.30. The van der Waals surface area contributed by atoms with Gasteiger partial charge in [-0.15, -0.1) is 11.3 Å². The first-order valence-electron chi connectivity index (χ1n) is 3.52. The molecule has 0 aliphatic carbocycles. The molecule has 3 nitrogen and oxygen atoms in total. The van der Waals surface area contributed by atoms with Crippen LogP contribution in [-0.2, 0) is 11.2 Å². The Kier molecular flexibility index (Phi) is 3.10. The Balaban J connectivity index is 2.74. The third kappa shape index (κ3) is 2.99. The fourth-order valence-electron chi connectivity index (χ4n) is 0.762. The molecule has 78 valence electrons. The van der Waals surface area contributed by atoms with Crippen molar-refractivity contribution in [3.8, 4) is 0 Å². The number of aromatic nitrogens is 1. The molecule has 0 bridgehead atoms. The molecule has 0 N–H and O–H groups in total. The van der Waals surface area contributed by atoms with Gasteiger partial charge >= 0.3 is 12.1 Å². The van der Waals surface area contributed by atoms with Crippen molar-refractivity contribution in [3.63, 3.8) is 0 Å². The standard InChI is InChI=1S/C7H6F3NO2S/c1-13-6(12)4-3-14-5(11-4)2-7(8,9)10/h3H,2H2,1H3. The molecule has 0 aliphatic heterocycles. The second-order valence-corrected chi connectivity index (χ2v) is 3.35. The molecule has 7 heteroatoms. The maximum absolute atomic E-state index is 11.9. The van der Waals surface area contributed by atoms with E-state index in [0.717, 1.165) is 18.4 Å². The van der Waals surface area contributed by atoms with Crippen molar-refractivity contribution >= 4 is 17.3 Å². The summed E-state index contributed by atoms with van der Waals surface area (Å²) < 4.78 is 40.0. The number of rotatable bonds is 2. The van der Waals surface area contributed by atoms with Gasteiger partial charge in [0.2, 0.25) is 0 Å². The van der Waals surface area contributed by atoms with Crippen molar-refractivity contribution < 1.29 is 22.7 Å². The second-order valence-electron chi connectivity index (χ2n) is 2.41. The van der Waals surface area contributed by atoms with Gasteiger partial charge in [-0.25, -0.2) is 9.78 Å². The minimum absolute atomic E-state index is 0.0863.